The van der Waals surface area contributed by atoms with Crippen LogP contribution in [0.3, 0.4) is 0 Å². The fourth-order valence-electron chi connectivity index (χ4n) is 2.18. The number of amides is 1. The van der Waals surface area contributed by atoms with E-state index in [1.165, 1.54) is 6.20 Å². The lowest BCUT2D eigenvalue weighted by atomic mass is 10.1. The number of aromatic nitrogens is 1. The lowest BCUT2D eigenvalue weighted by Crippen LogP contribution is -2.42. The standard InChI is InChI=1S/C15H23N3O2S/c1-4-12(5-2)18(8-9-20-3)15(19)13-7-6-11(10-17-13)14(16)21/h6-7,10,12H,4-5,8-9H2,1-3H3,(H2,16,21). The summed E-state index contributed by atoms with van der Waals surface area (Å²) in [7, 11) is 1.63. The summed E-state index contributed by atoms with van der Waals surface area (Å²) in [5, 5.41) is 0. The Kier molecular flexibility index (Phi) is 7.25. The van der Waals surface area contributed by atoms with Crippen molar-refractivity contribution in [3.05, 3.63) is 29.6 Å². The molecule has 0 aliphatic heterocycles. The smallest absolute Gasteiger partial charge is 0.272 e. The van der Waals surface area contributed by atoms with Crippen molar-refractivity contribution in [3.8, 4) is 0 Å². The number of thiocarbonyl (C=S) groups is 1. The molecule has 0 bridgehead atoms. The first-order chi connectivity index (χ1) is 10.0. The predicted molar refractivity (Wildman–Crippen MR) is 87.4 cm³/mol. The van der Waals surface area contributed by atoms with Crippen LogP contribution in [0.15, 0.2) is 18.3 Å². The number of carbonyl (C=O) groups excluding carboxylic acids is 1. The van der Waals surface area contributed by atoms with Crippen LogP contribution >= 0.6 is 12.2 Å². The van der Waals surface area contributed by atoms with Gasteiger partial charge in [-0.1, -0.05) is 26.1 Å². The Morgan fingerprint density at radius 3 is 2.52 bits per heavy atom. The highest BCUT2D eigenvalue weighted by Crippen LogP contribution is 2.13. The van der Waals surface area contributed by atoms with Crippen molar-refractivity contribution in [2.24, 2.45) is 5.73 Å². The molecule has 1 amide bonds. The first-order valence-electron chi connectivity index (χ1n) is 7.10. The monoisotopic (exact) mass is 309 g/mol. The number of carbonyl (C=O) groups is 1. The molecule has 0 saturated heterocycles. The van der Waals surface area contributed by atoms with Gasteiger partial charge in [-0.2, -0.15) is 0 Å². The van der Waals surface area contributed by atoms with Crippen LogP contribution < -0.4 is 5.73 Å². The average Bonchev–Trinajstić information content (AvgIpc) is 2.51. The first kappa shape index (κ1) is 17.5. The molecule has 0 atom stereocenters. The normalized spacial score (nSPS) is 10.7. The van der Waals surface area contributed by atoms with Gasteiger partial charge in [0.1, 0.15) is 10.7 Å². The van der Waals surface area contributed by atoms with Crippen LogP contribution in [0.1, 0.15) is 42.7 Å². The Labute approximate surface area is 131 Å². The van der Waals surface area contributed by atoms with E-state index < -0.39 is 0 Å². The minimum Gasteiger partial charge on any atom is -0.389 e. The van der Waals surface area contributed by atoms with E-state index >= 15 is 0 Å². The molecule has 21 heavy (non-hydrogen) atoms. The topological polar surface area (TPSA) is 68.5 Å². The van der Waals surface area contributed by atoms with Crippen molar-refractivity contribution in [2.45, 2.75) is 32.7 Å². The molecule has 1 aromatic rings. The maximum atomic E-state index is 12.6. The van der Waals surface area contributed by atoms with Gasteiger partial charge < -0.3 is 15.4 Å². The largest absolute Gasteiger partial charge is 0.389 e. The van der Waals surface area contributed by atoms with E-state index in [1.54, 1.807) is 19.2 Å². The molecule has 0 saturated carbocycles. The molecule has 0 radical (unpaired) electrons. The van der Waals surface area contributed by atoms with Crippen LogP contribution in [0.2, 0.25) is 0 Å². The van der Waals surface area contributed by atoms with Gasteiger partial charge in [0, 0.05) is 31.5 Å². The van der Waals surface area contributed by atoms with E-state index in [0.717, 1.165) is 12.8 Å². The summed E-state index contributed by atoms with van der Waals surface area (Å²) in [6.07, 6.45) is 3.34. The number of nitrogens with zero attached hydrogens (tertiary/aromatic N) is 2. The van der Waals surface area contributed by atoms with Gasteiger partial charge in [-0.05, 0) is 25.0 Å². The van der Waals surface area contributed by atoms with Crippen molar-refractivity contribution in [3.63, 3.8) is 0 Å². The molecule has 1 rings (SSSR count). The van der Waals surface area contributed by atoms with E-state index in [9.17, 15) is 4.79 Å². The third kappa shape index (κ3) is 4.75. The van der Waals surface area contributed by atoms with Gasteiger partial charge in [0.05, 0.1) is 6.61 Å². The number of nitrogens with two attached hydrogens (primary N) is 1. The molecule has 6 heteroatoms. The molecular formula is C15H23N3O2S. The van der Waals surface area contributed by atoms with Crippen LogP contribution in [0.5, 0.6) is 0 Å². The summed E-state index contributed by atoms with van der Waals surface area (Å²) in [5.74, 6) is -0.0877. The van der Waals surface area contributed by atoms with Gasteiger partial charge >= 0.3 is 0 Å². The zero-order chi connectivity index (χ0) is 15.8. The summed E-state index contributed by atoms with van der Waals surface area (Å²) in [5.41, 5.74) is 6.60. The third-order valence-corrected chi connectivity index (χ3v) is 3.68. The molecule has 1 aromatic heterocycles. The maximum Gasteiger partial charge on any atom is 0.272 e. The van der Waals surface area contributed by atoms with Gasteiger partial charge in [0.25, 0.3) is 5.91 Å². The predicted octanol–water partition coefficient (Wildman–Crippen LogP) is 1.99. The van der Waals surface area contributed by atoms with E-state index in [1.807, 2.05) is 4.90 Å². The fourth-order valence-corrected chi connectivity index (χ4v) is 2.30. The van der Waals surface area contributed by atoms with Gasteiger partial charge in [-0.15, -0.1) is 0 Å². The highest BCUT2D eigenvalue weighted by Gasteiger charge is 2.23. The fraction of sp³-hybridized carbons (Fsp3) is 0.533. The second-order valence-electron chi connectivity index (χ2n) is 4.76. The zero-order valence-corrected chi connectivity index (χ0v) is 13.7. The molecule has 0 spiro atoms. The molecule has 0 aliphatic rings. The van der Waals surface area contributed by atoms with Crippen molar-refractivity contribution in [1.82, 2.24) is 9.88 Å². The highest BCUT2D eigenvalue weighted by atomic mass is 32.1. The number of pyridine rings is 1. The van der Waals surface area contributed by atoms with Crippen molar-refractivity contribution in [1.29, 1.82) is 0 Å². The second-order valence-corrected chi connectivity index (χ2v) is 5.20. The van der Waals surface area contributed by atoms with E-state index in [-0.39, 0.29) is 16.9 Å². The summed E-state index contributed by atoms with van der Waals surface area (Å²) < 4.78 is 5.10. The minimum atomic E-state index is -0.0877. The number of hydrogen-bond donors (Lipinski definition) is 1. The Balaban J connectivity index is 2.95. The molecule has 116 valence electrons. The second kappa shape index (κ2) is 8.69. The summed E-state index contributed by atoms with van der Waals surface area (Å²) in [6.45, 7) is 5.21. The van der Waals surface area contributed by atoms with Gasteiger partial charge in [-0.3, -0.25) is 9.78 Å². The molecule has 2 N–H and O–H groups in total. The van der Waals surface area contributed by atoms with Gasteiger partial charge in [-0.25, -0.2) is 0 Å². The molecule has 5 nitrogen and oxygen atoms in total. The van der Waals surface area contributed by atoms with Crippen LogP contribution in [-0.4, -0.2) is 47.1 Å². The Hall–Kier alpha value is -1.53. The Bertz CT molecular complexity index is 472. The van der Waals surface area contributed by atoms with Crippen molar-refractivity contribution in [2.75, 3.05) is 20.3 Å². The number of ether oxygens (including phenoxy) is 1. The first-order valence-corrected chi connectivity index (χ1v) is 7.51. The zero-order valence-electron chi connectivity index (χ0n) is 12.8. The molecule has 1 heterocycles. The Morgan fingerprint density at radius 2 is 2.10 bits per heavy atom. The summed E-state index contributed by atoms with van der Waals surface area (Å²) in [4.78, 5) is 18.9. The van der Waals surface area contributed by atoms with E-state index in [2.05, 4.69) is 18.8 Å². The number of methoxy groups -OCH3 is 1. The van der Waals surface area contributed by atoms with E-state index in [0.29, 0.717) is 24.4 Å². The molecule has 0 aliphatic carbocycles. The summed E-state index contributed by atoms with van der Waals surface area (Å²) in [6, 6.07) is 3.58. The average molecular weight is 309 g/mol. The van der Waals surface area contributed by atoms with Gasteiger partial charge in [0.2, 0.25) is 0 Å². The van der Waals surface area contributed by atoms with Crippen LogP contribution in [-0.2, 0) is 4.74 Å². The Morgan fingerprint density at radius 1 is 1.43 bits per heavy atom. The SMILES string of the molecule is CCC(CC)N(CCOC)C(=O)c1ccc(C(N)=S)cn1. The number of hydrogen-bond acceptors (Lipinski definition) is 4. The highest BCUT2D eigenvalue weighted by molar-refractivity contribution is 7.80. The molecule has 0 fully saturated rings. The van der Waals surface area contributed by atoms with Crippen molar-refractivity contribution >= 4 is 23.1 Å². The molecule has 0 unspecified atom stereocenters. The van der Waals surface area contributed by atoms with Crippen molar-refractivity contribution < 1.29 is 9.53 Å². The lowest BCUT2D eigenvalue weighted by molar-refractivity contribution is 0.0583. The van der Waals surface area contributed by atoms with Crippen LogP contribution in [0.25, 0.3) is 0 Å². The van der Waals surface area contributed by atoms with E-state index in [4.69, 9.17) is 22.7 Å². The van der Waals surface area contributed by atoms with Crippen LogP contribution in [0, 0.1) is 0 Å². The summed E-state index contributed by atoms with van der Waals surface area (Å²) >= 11 is 4.88. The van der Waals surface area contributed by atoms with Gasteiger partial charge in [0.15, 0.2) is 0 Å². The lowest BCUT2D eigenvalue weighted by Gasteiger charge is -2.30. The quantitative estimate of drug-likeness (QED) is 0.744. The third-order valence-electron chi connectivity index (χ3n) is 3.45. The number of rotatable bonds is 8. The molecule has 0 aromatic carbocycles. The maximum absolute atomic E-state index is 12.6. The molecular weight excluding hydrogens is 286 g/mol. The van der Waals surface area contributed by atoms with Crippen LogP contribution in [0.4, 0.5) is 0 Å². The minimum absolute atomic E-state index is 0.0877.